The van der Waals surface area contributed by atoms with Gasteiger partial charge in [0.25, 0.3) is 5.91 Å². The first-order chi connectivity index (χ1) is 12.5. The minimum absolute atomic E-state index is 0.00372. The first kappa shape index (κ1) is 20.5. The molecule has 0 spiro atoms. The Balaban J connectivity index is 2.36. The fourth-order valence-electron chi connectivity index (χ4n) is 2.66. The molecule has 3 amide bonds. The van der Waals surface area contributed by atoms with Crippen molar-refractivity contribution in [1.29, 1.82) is 0 Å². The third kappa shape index (κ3) is 5.57. The first-order valence-corrected chi connectivity index (χ1v) is 8.84. The fraction of sp³-hybridized carbons (Fsp3) is 0.450. The number of allylic oxidation sites excluding steroid dienone is 1. The van der Waals surface area contributed by atoms with Crippen LogP contribution in [0.5, 0.6) is 0 Å². The van der Waals surface area contributed by atoms with Gasteiger partial charge in [0.15, 0.2) is 0 Å². The third-order valence-corrected chi connectivity index (χ3v) is 3.75. The number of hydrogen-bond donors (Lipinski definition) is 2. The van der Waals surface area contributed by atoms with Crippen molar-refractivity contribution >= 4 is 29.3 Å². The van der Waals surface area contributed by atoms with Gasteiger partial charge < -0.3 is 20.3 Å². The second-order valence-corrected chi connectivity index (χ2v) is 7.88. The van der Waals surface area contributed by atoms with Gasteiger partial charge in [-0.3, -0.25) is 9.59 Å². The molecule has 0 fully saturated rings. The molecule has 0 radical (unpaired) electrons. The van der Waals surface area contributed by atoms with Gasteiger partial charge in [0.05, 0.1) is 17.9 Å². The van der Waals surface area contributed by atoms with Crippen molar-refractivity contribution in [1.82, 2.24) is 5.32 Å². The highest BCUT2D eigenvalue weighted by atomic mass is 16.6. The van der Waals surface area contributed by atoms with E-state index in [-0.39, 0.29) is 12.5 Å². The highest BCUT2D eigenvalue weighted by molar-refractivity contribution is 6.09. The molecule has 27 heavy (non-hydrogen) atoms. The Labute approximate surface area is 159 Å². The number of hydrogen-bond acceptors (Lipinski definition) is 4. The Morgan fingerprint density at radius 2 is 1.96 bits per heavy atom. The molecule has 7 heteroatoms. The number of amides is 3. The molecule has 1 unspecified atom stereocenters. The van der Waals surface area contributed by atoms with Crippen LogP contribution in [0.4, 0.5) is 16.2 Å². The number of carbonyl (C=O) groups excluding carboxylic acids is 3. The van der Waals surface area contributed by atoms with Gasteiger partial charge in [0.2, 0.25) is 5.91 Å². The summed E-state index contributed by atoms with van der Waals surface area (Å²) in [6.45, 7) is 10.8. The van der Waals surface area contributed by atoms with Crippen molar-refractivity contribution in [2.24, 2.45) is 0 Å². The minimum atomic E-state index is -0.943. The van der Waals surface area contributed by atoms with Gasteiger partial charge in [-0.05, 0) is 59.2 Å². The summed E-state index contributed by atoms with van der Waals surface area (Å²) >= 11 is 0. The lowest BCUT2D eigenvalue weighted by atomic mass is 10.1. The highest BCUT2D eigenvalue weighted by Gasteiger charge is 2.32. The molecule has 7 nitrogen and oxygen atoms in total. The van der Waals surface area contributed by atoms with E-state index in [9.17, 15) is 14.4 Å². The van der Waals surface area contributed by atoms with Gasteiger partial charge >= 0.3 is 6.09 Å². The molecule has 1 aromatic carbocycles. The number of nitrogens with one attached hydrogen (secondary N) is 2. The third-order valence-electron chi connectivity index (χ3n) is 3.75. The Hall–Kier alpha value is -2.83. The van der Waals surface area contributed by atoms with Crippen LogP contribution in [-0.4, -0.2) is 36.1 Å². The molecule has 0 bridgehead atoms. The summed E-state index contributed by atoms with van der Waals surface area (Å²) in [7, 11) is 0. The molecule has 0 aromatic heterocycles. The molecule has 1 aromatic rings. The Morgan fingerprint density at radius 3 is 2.56 bits per heavy atom. The average molecular weight is 373 g/mol. The summed E-state index contributed by atoms with van der Waals surface area (Å²) in [6, 6.07) is 4.51. The number of benzene rings is 1. The maximum Gasteiger partial charge on any atom is 0.408 e. The van der Waals surface area contributed by atoms with Gasteiger partial charge in [-0.2, -0.15) is 0 Å². The maximum atomic E-state index is 12.7. The number of rotatable bonds is 2. The fourth-order valence-corrected chi connectivity index (χ4v) is 2.66. The molecule has 1 aliphatic rings. The zero-order valence-electron chi connectivity index (χ0n) is 16.7. The van der Waals surface area contributed by atoms with Crippen molar-refractivity contribution < 1.29 is 19.1 Å². The Morgan fingerprint density at radius 1 is 1.30 bits per heavy atom. The van der Waals surface area contributed by atoms with E-state index in [4.69, 9.17) is 4.74 Å². The van der Waals surface area contributed by atoms with Gasteiger partial charge in [0.1, 0.15) is 11.6 Å². The largest absolute Gasteiger partial charge is 0.444 e. The van der Waals surface area contributed by atoms with E-state index in [2.05, 4.69) is 10.6 Å². The lowest BCUT2D eigenvalue weighted by Crippen LogP contribution is -2.51. The molecule has 0 saturated carbocycles. The predicted octanol–water partition coefficient (Wildman–Crippen LogP) is 3.14. The van der Waals surface area contributed by atoms with Crippen molar-refractivity contribution in [3.05, 3.63) is 35.4 Å². The molecule has 0 aliphatic carbocycles. The lowest BCUT2D eigenvalue weighted by Gasteiger charge is -2.25. The van der Waals surface area contributed by atoms with Crippen LogP contribution in [0.2, 0.25) is 0 Å². The van der Waals surface area contributed by atoms with Gasteiger partial charge in [-0.25, -0.2) is 4.79 Å². The van der Waals surface area contributed by atoms with Crippen LogP contribution in [0.3, 0.4) is 0 Å². The number of anilines is 2. The number of aryl methyl sites for hydroxylation is 1. The number of ether oxygens (including phenoxy) is 1. The molecular formula is C20H27N3O4. The zero-order valence-corrected chi connectivity index (χ0v) is 16.7. The minimum Gasteiger partial charge on any atom is -0.444 e. The number of carbonyl (C=O) groups is 3. The predicted molar refractivity (Wildman–Crippen MR) is 105 cm³/mol. The van der Waals surface area contributed by atoms with Crippen LogP contribution in [0.25, 0.3) is 0 Å². The Bertz CT molecular complexity index is 789. The summed E-state index contributed by atoms with van der Waals surface area (Å²) in [5.74, 6) is -0.659. The molecule has 1 heterocycles. The molecule has 1 aliphatic heterocycles. The average Bonchev–Trinajstić information content (AvgIpc) is 2.61. The van der Waals surface area contributed by atoms with E-state index in [1.54, 1.807) is 32.9 Å². The van der Waals surface area contributed by atoms with Crippen LogP contribution in [0.15, 0.2) is 29.8 Å². The molecule has 2 N–H and O–H groups in total. The van der Waals surface area contributed by atoms with E-state index in [1.807, 2.05) is 26.8 Å². The van der Waals surface area contributed by atoms with Crippen LogP contribution in [0.1, 0.15) is 40.2 Å². The molecule has 2 rings (SSSR count). The molecular weight excluding hydrogens is 346 g/mol. The molecule has 0 saturated heterocycles. The van der Waals surface area contributed by atoms with E-state index in [0.29, 0.717) is 11.4 Å². The summed E-state index contributed by atoms with van der Waals surface area (Å²) in [4.78, 5) is 39.0. The second-order valence-electron chi connectivity index (χ2n) is 7.88. The van der Waals surface area contributed by atoms with Gasteiger partial charge in [-0.1, -0.05) is 11.6 Å². The van der Waals surface area contributed by atoms with E-state index >= 15 is 0 Å². The smallest absolute Gasteiger partial charge is 0.408 e. The standard InChI is InChI=1S/C20H27N3O4/c1-12(2)9-17(24)23-11-15(22-19(26)27-20(4,5)6)18(25)21-14-10-13(3)7-8-16(14)23/h7-10,15H,11H2,1-6H3,(H,21,25)(H,22,26). The van der Waals surface area contributed by atoms with Crippen LogP contribution < -0.4 is 15.5 Å². The molecule has 1 atom stereocenters. The van der Waals surface area contributed by atoms with Crippen molar-refractivity contribution in [2.45, 2.75) is 53.2 Å². The maximum absolute atomic E-state index is 12.7. The highest BCUT2D eigenvalue weighted by Crippen LogP contribution is 2.30. The van der Waals surface area contributed by atoms with Gasteiger partial charge in [-0.15, -0.1) is 0 Å². The summed E-state index contributed by atoms with van der Waals surface area (Å²) in [5.41, 5.74) is 2.22. The van der Waals surface area contributed by atoms with Crippen LogP contribution in [-0.2, 0) is 14.3 Å². The van der Waals surface area contributed by atoms with Crippen molar-refractivity contribution in [3.63, 3.8) is 0 Å². The summed E-state index contributed by atoms with van der Waals surface area (Å²) in [6.07, 6.45) is 0.795. The number of alkyl carbamates (subject to hydrolysis) is 1. The number of fused-ring (bicyclic) bond motifs is 1. The van der Waals surface area contributed by atoms with Gasteiger partial charge in [0, 0.05) is 6.08 Å². The molecule has 146 valence electrons. The SMILES string of the molecule is CC(C)=CC(=O)N1CC(NC(=O)OC(C)(C)C)C(=O)Nc2cc(C)ccc21. The quantitative estimate of drug-likeness (QED) is 0.780. The van der Waals surface area contributed by atoms with Crippen molar-refractivity contribution in [3.8, 4) is 0 Å². The summed E-state index contributed by atoms with van der Waals surface area (Å²) in [5, 5.41) is 5.36. The van der Waals surface area contributed by atoms with Crippen molar-refractivity contribution in [2.75, 3.05) is 16.8 Å². The normalized spacial score (nSPS) is 16.6. The van der Waals surface area contributed by atoms with Crippen LogP contribution >= 0.6 is 0 Å². The monoisotopic (exact) mass is 373 g/mol. The van der Waals surface area contributed by atoms with E-state index in [1.165, 1.54) is 11.0 Å². The van der Waals surface area contributed by atoms with E-state index < -0.39 is 23.6 Å². The number of nitrogens with zero attached hydrogens (tertiary/aromatic N) is 1. The summed E-state index contributed by atoms with van der Waals surface area (Å²) < 4.78 is 5.24. The second kappa shape index (κ2) is 7.82. The van der Waals surface area contributed by atoms with E-state index in [0.717, 1.165) is 11.1 Å². The lowest BCUT2D eigenvalue weighted by molar-refractivity contribution is -0.118. The topological polar surface area (TPSA) is 87.7 Å². The van der Waals surface area contributed by atoms with Crippen LogP contribution in [0, 0.1) is 6.92 Å². The Kier molecular flexibility index (Phi) is 5.93. The zero-order chi connectivity index (χ0) is 20.4. The first-order valence-electron chi connectivity index (χ1n) is 8.84.